The fourth-order valence-electron chi connectivity index (χ4n) is 1.79. The smallest absolute Gasteiger partial charge is 0.225 e. The van der Waals surface area contributed by atoms with Crippen LogP contribution in [0, 0.1) is 6.92 Å². The van der Waals surface area contributed by atoms with Crippen LogP contribution in [0.3, 0.4) is 0 Å². The molecule has 2 rings (SSSR count). The Morgan fingerprint density at radius 3 is 2.00 bits per heavy atom. The van der Waals surface area contributed by atoms with E-state index in [0.29, 0.717) is 5.56 Å². The number of aryl methyl sites for hydroxylation is 1. The zero-order valence-electron chi connectivity index (χ0n) is 10.6. The summed E-state index contributed by atoms with van der Waals surface area (Å²) in [5.41, 5.74) is 0.631. The third-order valence-corrected chi connectivity index (χ3v) is 5.66. The van der Waals surface area contributed by atoms with Crippen molar-refractivity contribution in [3.05, 3.63) is 54.1 Å². The molecule has 5 nitrogen and oxygen atoms in total. The van der Waals surface area contributed by atoms with Gasteiger partial charge in [-0.3, -0.25) is 0 Å². The minimum absolute atomic E-state index is 0.0236. The Hall–Kier alpha value is -1.70. The second kappa shape index (κ2) is 5.01. The largest absolute Gasteiger partial charge is 0.239 e. The number of rotatable bonds is 3. The number of nitrogens with two attached hydrogens (primary N) is 1. The summed E-state index contributed by atoms with van der Waals surface area (Å²) in [6, 6.07) is 11.6. The molecule has 0 aliphatic carbocycles. The maximum Gasteiger partial charge on any atom is 0.239 e. The van der Waals surface area contributed by atoms with Crippen molar-refractivity contribution in [2.75, 3.05) is 0 Å². The zero-order chi connectivity index (χ0) is 15.0. The van der Waals surface area contributed by atoms with Gasteiger partial charge in [0.05, 0.1) is 9.79 Å². The molecule has 0 aliphatic heterocycles. The van der Waals surface area contributed by atoms with Crippen LogP contribution in [0.2, 0.25) is 0 Å². The Morgan fingerprint density at radius 2 is 1.45 bits per heavy atom. The van der Waals surface area contributed by atoms with Gasteiger partial charge in [-0.05, 0) is 36.8 Å². The molecule has 2 N–H and O–H groups in total. The van der Waals surface area contributed by atoms with Crippen molar-refractivity contribution in [2.24, 2.45) is 5.14 Å². The van der Waals surface area contributed by atoms with Gasteiger partial charge in [0, 0.05) is 0 Å². The van der Waals surface area contributed by atoms with E-state index in [1.54, 1.807) is 25.1 Å². The van der Waals surface area contributed by atoms with E-state index < -0.39 is 24.8 Å². The van der Waals surface area contributed by atoms with Crippen LogP contribution in [-0.4, -0.2) is 16.8 Å². The molecule has 0 fully saturated rings. The van der Waals surface area contributed by atoms with Crippen LogP contribution in [0.25, 0.3) is 0 Å². The zero-order valence-corrected chi connectivity index (χ0v) is 12.3. The first-order chi connectivity index (χ1) is 9.23. The molecule has 0 aliphatic rings. The number of hydrogen-bond acceptors (Lipinski definition) is 4. The molecule has 0 spiro atoms. The standard InChI is InChI=1S/C13H13NO4S2/c1-10-7-8-12(20(14,17)18)13(9-10)19(15,16)11-5-3-2-4-6-11/h2-9H,1H3,(H2,14,17,18). The maximum atomic E-state index is 12.5. The molecule has 0 saturated heterocycles. The van der Waals surface area contributed by atoms with E-state index in [2.05, 4.69) is 0 Å². The van der Waals surface area contributed by atoms with Crippen molar-refractivity contribution in [1.82, 2.24) is 0 Å². The van der Waals surface area contributed by atoms with E-state index >= 15 is 0 Å². The van der Waals surface area contributed by atoms with Crippen molar-refractivity contribution >= 4 is 19.9 Å². The number of benzene rings is 2. The lowest BCUT2D eigenvalue weighted by molar-refractivity contribution is 0.583. The minimum atomic E-state index is -4.12. The summed E-state index contributed by atoms with van der Waals surface area (Å²) < 4.78 is 48.2. The minimum Gasteiger partial charge on any atom is -0.225 e. The first kappa shape index (κ1) is 14.7. The Bertz CT molecular complexity index is 841. The molecule has 0 bridgehead atoms. The maximum absolute atomic E-state index is 12.5. The van der Waals surface area contributed by atoms with Gasteiger partial charge >= 0.3 is 0 Å². The van der Waals surface area contributed by atoms with Gasteiger partial charge < -0.3 is 0 Å². The summed E-state index contributed by atoms with van der Waals surface area (Å²) in [4.78, 5) is -0.673. The quantitative estimate of drug-likeness (QED) is 0.928. The molecule has 0 unspecified atom stereocenters. The van der Waals surface area contributed by atoms with Gasteiger partial charge in [0.15, 0.2) is 0 Å². The highest BCUT2D eigenvalue weighted by Gasteiger charge is 2.26. The van der Waals surface area contributed by atoms with E-state index in [-0.39, 0.29) is 9.79 Å². The van der Waals surface area contributed by atoms with E-state index in [1.165, 1.54) is 30.3 Å². The Morgan fingerprint density at radius 1 is 0.850 bits per heavy atom. The summed E-state index contributed by atoms with van der Waals surface area (Å²) in [6.07, 6.45) is 0. The summed E-state index contributed by atoms with van der Waals surface area (Å²) in [6.45, 7) is 1.68. The van der Waals surface area contributed by atoms with Crippen molar-refractivity contribution in [3.8, 4) is 0 Å². The highest BCUT2D eigenvalue weighted by Crippen LogP contribution is 2.27. The molecule has 2 aromatic rings. The van der Waals surface area contributed by atoms with Crippen LogP contribution in [0.4, 0.5) is 0 Å². The van der Waals surface area contributed by atoms with Crippen LogP contribution in [-0.2, 0) is 19.9 Å². The lowest BCUT2D eigenvalue weighted by atomic mass is 10.2. The predicted molar refractivity (Wildman–Crippen MR) is 74.4 cm³/mol. The average Bonchev–Trinajstić information content (AvgIpc) is 2.38. The van der Waals surface area contributed by atoms with Crippen molar-refractivity contribution in [1.29, 1.82) is 0 Å². The second-order valence-corrected chi connectivity index (χ2v) is 7.76. The third-order valence-electron chi connectivity index (χ3n) is 2.75. The molecule has 0 heterocycles. The first-order valence-electron chi connectivity index (χ1n) is 5.66. The van der Waals surface area contributed by atoms with Gasteiger partial charge in [0.1, 0.15) is 4.90 Å². The monoisotopic (exact) mass is 311 g/mol. The third kappa shape index (κ3) is 2.74. The van der Waals surface area contributed by atoms with E-state index in [9.17, 15) is 16.8 Å². The molecule has 0 atom stereocenters. The fourth-order valence-corrected chi connectivity index (χ4v) is 4.50. The topological polar surface area (TPSA) is 94.3 Å². The molecule has 0 aromatic heterocycles. The van der Waals surface area contributed by atoms with Gasteiger partial charge in [-0.2, -0.15) is 0 Å². The number of hydrogen-bond donors (Lipinski definition) is 1. The Kier molecular flexibility index (Phi) is 3.68. The Labute approximate surface area is 118 Å². The van der Waals surface area contributed by atoms with Crippen LogP contribution in [0.5, 0.6) is 0 Å². The number of sulfonamides is 1. The lowest BCUT2D eigenvalue weighted by Gasteiger charge is -2.10. The highest BCUT2D eigenvalue weighted by atomic mass is 32.2. The first-order valence-corrected chi connectivity index (χ1v) is 8.69. The van der Waals surface area contributed by atoms with Crippen LogP contribution in [0.1, 0.15) is 5.56 Å². The van der Waals surface area contributed by atoms with Gasteiger partial charge in [0.25, 0.3) is 0 Å². The molecule has 0 saturated carbocycles. The molecule has 7 heteroatoms. The second-order valence-electron chi connectivity index (χ2n) is 4.31. The molecular formula is C13H13NO4S2. The summed E-state index contributed by atoms with van der Waals surface area (Å²) in [7, 11) is -8.05. The van der Waals surface area contributed by atoms with Gasteiger partial charge in [-0.1, -0.05) is 24.3 Å². The average molecular weight is 311 g/mol. The molecule has 20 heavy (non-hydrogen) atoms. The van der Waals surface area contributed by atoms with Gasteiger partial charge in [-0.15, -0.1) is 0 Å². The van der Waals surface area contributed by atoms with E-state index in [4.69, 9.17) is 5.14 Å². The highest BCUT2D eigenvalue weighted by molar-refractivity contribution is 7.93. The molecule has 106 valence electrons. The number of primary sulfonamides is 1. The van der Waals surface area contributed by atoms with E-state index in [1.807, 2.05) is 0 Å². The lowest BCUT2D eigenvalue weighted by Crippen LogP contribution is -2.17. The van der Waals surface area contributed by atoms with Gasteiger partial charge in [-0.25, -0.2) is 22.0 Å². The molecular weight excluding hydrogens is 298 g/mol. The number of sulfone groups is 1. The summed E-state index contributed by atoms with van der Waals surface area (Å²) in [5, 5.41) is 5.09. The van der Waals surface area contributed by atoms with Crippen molar-refractivity contribution in [2.45, 2.75) is 21.6 Å². The van der Waals surface area contributed by atoms with Crippen LogP contribution in [0.15, 0.2) is 63.2 Å². The normalized spacial score (nSPS) is 12.3. The molecule has 0 radical (unpaired) electrons. The van der Waals surface area contributed by atoms with Gasteiger partial charge in [0.2, 0.25) is 19.9 Å². The van der Waals surface area contributed by atoms with Crippen molar-refractivity contribution in [3.63, 3.8) is 0 Å². The fraction of sp³-hybridized carbons (Fsp3) is 0.0769. The molecule has 0 amide bonds. The van der Waals surface area contributed by atoms with Crippen molar-refractivity contribution < 1.29 is 16.8 Å². The van der Waals surface area contributed by atoms with E-state index in [0.717, 1.165) is 0 Å². The van der Waals surface area contributed by atoms with Crippen LogP contribution < -0.4 is 5.14 Å². The molecule has 2 aromatic carbocycles. The Balaban J connectivity index is 2.79. The summed E-state index contributed by atoms with van der Waals surface area (Å²) in [5.74, 6) is 0. The predicted octanol–water partition coefficient (Wildman–Crippen LogP) is 1.48. The van der Waals surface area contributed by atoms with Crippen LogP contribution >= 0.6 is 0 Å². The SMILES string of the molecule is Cc1ccc(S(N)(=O)=O)c(S(=O)(=O)c2ccccc2)c1. The summed E-state index contributed by atoms with van der Waals surface area (Å²) >= 11 is 0.